The molecule has 3 rings (SSSR count). The summed E-state index contributed by atoms with van der Waals surface area (Å²) in [5, 5.41) is 20.5. The van der Waals surface area contributed by atoms with Gasteiger partial charge < -0.3 is 5.11 Å². The van der Waals surface area contributed by atoms with Crippen molar-refractivity contribution in [3.05, 3.63) is 47.3 Å². The summed E-state index contributed by atoms with van der Waals surface area (Å²) >= 11 is 0. The zero-order valence-corrected chi connectivity index (χ0v) is 13.4. The summed E-state index contributed by atoms with van der Waals surface area (Å²) in [5.74, 6) is -3.91. The molecule has 5 nitrogen and oxygen atoms in total. The first kappa shape index (κ1) is 18.2. The van der Waals surface area contributed by atoms with Crippen molar-refractivity contribution >= 4 is 5.65 Å². The van der Waals surface area contributed by atoms with Crippen LogP contribution in [0.4, 0.5) is 22.0 Å². The summed E-state index contributed by atoms with van der Waals surface area (Å²) in [7, 11) is 0. The average molecular weight is 372 g/mol. The highest BCUT2D eigenvalue weighted by Crippen LogP contribution is 2.29. The standard InChI is InChI=1S/C16H13F5N4O/c1-15(17,18)14-23-22-13-5-4-12(24-25(13)14)9-2-3-10(7-16(19,20)21)11(6-9)8-26/h2-6,26H,7-8H2,1H3. The molecule has 0 unspecified atom stereocenters. The summed E-state index contributed by atoms with van der Waals surface area (Å²) in [6.07, 6.45) is -5.58. The van der Waals surface area contributed by atoms with E-state index >= 15 is 0 Å². The molecule has 0 atom stereocenters. The molecule has 138 valence electrons. The highest BCUT2D eigenvalue weighted by molar-refractivity contribution is 5.62. The molecule has 3 aromatic rings. The molecule has 0 amide bonds. The lowest BCUT2D eigenvalue weighted by Gasteiger charge is -2.12. The summed E-state index contributed by atoms with van der Waals surface area (Å²) in [6, 6.07) is 6.89. The van der Waals surface area contributed by atoms with Crippen molar-refractivity contribution in [1.29, 1.82) is 0 Å². The number of aromatic nitrogens is 4. The van der Waals surface area contributed by atoms with Crippen LogP contribution in [0.15, 0.2) is 30.3 Å². The second kappa shape index (κ2) is 6.27. The van der Waals surface area contributed by atoms with E-state index in [4.69, 9.17) is 0 Å². The maximum Gasteiger partial charge on any atom is 0.393 e. The minimum atomic E-state index is -4.41. The third-order valence-corrected chi connectivity index (χ3v) is 3.72. The molecular weight excluding hydrogens is 359 g/mol. The second-order valence-corrected chi connectivity index (χ2v) is 5.83. The second-order valence-electron chi connectivity index (χ2n) is 5.83. The van der Waals surface area contributed by atoms with E-state index in [1.165, 1.54) is 30.3 Å². The molecule has 0 aliphatic rings. The lowest BCUT2D eigenvalue weighted by Crippen LogP contribution is -2.14. The van der Waals surface area contributed by atoms with Crippen LogP contribution in [0, 0.1) is 0 Å². The number of alkyl halides is 5. The van der Waals surface area contributed by atoms with Crippen molar-refractivity contribution in [3.63, 3.8) is 0 Å². The first-order chi connectivity index (χ1) is 12.1. The van der Waals surface area contributed by atoms with Crippen LogP contribution in [-0.2, 0) is 19.0 Å². The van der Waals surface area contributed by atoms with Gasteiger partial charge in [0, 0.05) is 12.5 Å². The molecule has 0 aliphatic carbocycles. The molecular formula is C16H13F5N4O. The molecule has 0 saturated carbocycles. The van der Waals surface area contributed by atoms with Crippen LogP contribution in [0.25, 0.3) is 16.9 Å². The van der Waals surface area contributed by atoms with Crippen molar-refractivity contribution < 1.29 is 27.1 Å². The van der Waals surface area contributed by atoms with Gasteiger partial charge in [0.1, 0.15) is 0 Å². The summed E-state index contributed by atoms with van der Waals surface area (Å²) in [6.45, 7) is 0.0695. The summed E-state index contributed by atoms with van der Waals surface area (Å²) < 4.78 is 65.8. The van der Waals surface area contributed by atoms with Gasteiger partial charge in [0.15, 0.2) is 5.65 Å². The van der Waals surface area contributed by atoms with Crippen molar-refractivity contribution in [3.8, 4) is 11.3 Å². The number of aliphatic hydroxyl groups excluding tert-OH is 1. The zero-order valence-electron chi connectivity index (χ0n) is 13.4. The van der Waals surface area contributed by atoms with E-state index in [0.29, 0.717) is 12.5 Å². The molecule has 2 aromatic heterocycles. The fourth-order valence-corrected chi connectivity index (χ4v) is 2.54. The topological polar surface area (TPSA) is 63.3 Å². The fourth-order valence-electron chi connectivity index (χ4n) is 2.54. The molecule has 0 fully saturated rings. The van der Waals surface area contributed by atoms with Crippen LogP contribution >= 0.6 is 0 Å². The Labute approximate surface area is 144 Å². The lowest BCUT2D eigenvalue weighted by atomic mass is 10.00. The van der Waals surface area contributed by atoms with Crippen molar-refractivity contribution in [2.75, 3.05) is 0 Å². The highest BCUT2D eigenvalue weighted by Gasteiger charge is 2.32. The smallest absolute Gasteiger partial charge is 0.392 e. The van der Waals surface area contributed by atoms with E-state index < -0.39 is 31.0 Å². The maximum absolute atomic E-state index is 13.6. The third-order valence-electron chi connectivity index (χ3n) is 3.72. The highest BCUT2D eigenvalue weighted by atomic mass is 19.4. The Morgan fingerprint density at radius 1 is 1.00 bits per heavy atom. The quantitative estimate of drug-likeness (QED) is 0.712. The van der Waals surface area contributed by atoms with Gasteiger partial charge in [-0.2, -0.15) is 31.6 Å². The lowest BCUT2D eigenvalue weighted by molar-refractivity contribution is -0.127. The number of nitrogens with zero attached hydrogens (tertiary/aromatic N) is 4. The molecule has 0 bridgehead atoms. The Bertz CT molecular complexity index is 946. The van der Waals surface area contributed by atoms with Crippen molar-refractivity contribution in [2.24, 2.45) is 0 Å². The van der Waals surface area contributed by atoms with Crippen LogP contribution < -0.4 is 0 Å². The number of rotatable bonds is 4. The molecule has 0 radical (unpaired) electrons. The Morgan fingerprint density at radius 3 is 2.35 bits per heavy atom. The summed E-state index contributed by atoms with van der Waals surface area (Å²) in [4.78, 5) is 0. The number of aliphatic hydroxyl groups is 1. The molecule has 1 aromatic carbocycles. The first-order valence-electron chi connectivity index (χ1n) is 7.49. The van der Waals surface area contributed by atoms with Crippen molar-refractivity contribution in [2.45, 2.75) is 32.1 Å². The van der Waals surface area contributed by atoms with Gasteiger partial charge in [-0.3, -0.25) is 0 Å². The zero-order chi connectivity index (χ0) is 19.1. The fraction of sp³-hybridized carbons (Fsp3) is 0.312. The molecule has 0 spiro atoms. The Kier molecular flexibility index (Phi) is 4.39. The summed E-state index contributed by atoms with van der Waals surface area (Å²) in [5.41, 5.74) is 0.750. The predicted octanol–water partition coefficient (Wildman–Crippen LogP) is 3.50. The van der Waals surface area contributed by atoms with E-state index in [2.05, 4.69) is 15.3 Å². The third kappa shape index (κ3) is 3.64. The number of hydrogen-bond acceptors (Lipinski definition) is 4. The van der Waals surface area contributed by atoms with E-state index in [0.717, 1.165) is 4.52 Å². The van der Waals surface area contributed by atoms with Gasteiger partial charge in [0.05, 0.1) is 18.7 Å². The molecule has 0 saturated heterocycles. The molecule has 1 N–H and O–H groups in total. The van der Waals surface area contributed by atoms with Gasteiger partial charge in [-0.15, -0.1) is 10.2 Å². The van der Waals surface area contributed by atoms with Crippen LogP contribution in [0.2, 0.25) is 0 Å². The molecule has 0 aliphatic heterocycles. The van der Waals surface area contributed by atoms with Gasteiger partial charge in [-0.05, 0) is 29.3 Å². The van der Waals surface area contributed by atoms with Crippen LogP contribution in [0.3, 0.4) is 0 Å². The maximum atomic E-state index is 13.6. The number of halogens is 5. The van der Waals surface area contributed by atoms with E-state index in [1.54, 1.807) is 0 Å². The normalized spacial score (nSPS) is 12.7. The van der Waals surface area contributed by atoms with Crippen LogP contribution in [-0.4, -0.2) is 31.1 Å². The van der Waals surface area contributed by atoms with E-state index in [-0.39, 0.29) is 22.5 Å². The van der Waals surface area contributed by atoms with Crippen molar-refractivity contribution in [1.82, 2.24) is 19.8 Å². The number of hydrogen-bond donors (Lipinski definition) is 1. The number of fused-ring (bicyclic) bond motifs is 1. The SMILES string of the molecule is CC(F)(F)c1nnc2ccc(-c3ccc(CC(F)(F)F)c(CO)c3)nn12. The predicted molar refractivity (Wildman–Crippen MR) is 81.5 cm³/mol. The van der Waals surface area contributed by atoms with E-state index in [9.17, 15) is 27.1 Å². The Morgan fingerprint density at radius 2 is 1.73 bits per heavy atom. The van der Waals surface area contributed by atoms with Crippen LogP contribution in [0.5, 0.6) is 0 Å². The first-order valence-corrected chi connectivity index (χ1v) is 7.49. The minimum absolute atomic E-state index is 0.0603. The van der Waals surface area contributed by atoms with E-state index in [1.807, 2.05) is 0 Å². The average Bonchev–Trinajstić information content (AvgIpc) is 2.97. The monoisotopic (exact) mass is 372 g/mol. The molecule has 26 heavy (non-hydrogen) atoms. The van der Waals surface area contributed by atoms with Gasteiger partial charge in [-0.25, -0.2) is 0 Å². The Balaban J connectivity index is 2.06. The number of benzene rings is 1. The van der Waals surface area contributed by atoms with Gasteiger partial charge in [0.25, 0.3) is 0 Å². The minimum Gasteiger partial charge on any atom is -0.392 e. The largest absolute Gasteiger partial charge is 0.393 e. The van der Waals surface area contributed by atoms with Gasteiger partial charge in [-0.1, -0.05) is 12.1 Å². The van der Waals surface area contributed by atoms with Gasteiger partial charge in [0.2, 0.25) is 5.82 Å². The van der Waals surface area contributed by atoms with Gasteiger partial charge >= 0.3 is 12.1 Å². The Hall–Kier alpha value is -2.62. The molecule has 2 heterocycles. The van der Waals surface area contributed by atoms with Crippen LogP contribution in [0.1, 0.15) is 23.9 Å². The molecule has 10 heteroatoms.